The minimum Gasteiger partial charge on any atom is -0.493 e. The molecule has 0 spiro atoms. The van der Waals surface area contributed by atoms with Crippen molar-refractivity contribution in [1.29, 1.82) is 0 Å². The zero-order chi connectivity index (χ0) is 24.2. The number of carbonyl (C=O) groups is 1. The molecular formula is C23H22FN3O7. The summed E-state index contributed by atoms with van der Waals surface area (Å²) in [7, 11) is 1.42. The number of nitrogens with zero attached hydrogens (tertiary/aromatic N) is 2. The number of nitrogens with one attached hydrogen (secondary N) is 1. The fraction of sp³-hybridized carbons (Fsp3) is 0.261. The number of rotatable bonds is 10. The van der Waals surface area contributed by atoms with E-state index in [1.165, 1.54) is 19.5 Å². The number of carboxylic acids is 1. The molecule has 4 N–H and O–H groups in total. The summed E-state index contributed by atoms with van der Waals surface area (Å²) in [6.45, 7) is -0.213. The van der Waals surface area contributed by atoms with Crippen LogP contribution >= 0.6 is 0 Å². The molecule has 4 rings (SSSR count). The Morgan fingerprint density at radius 2 is 1.91 bits per heavy atom. The summed E-state index contributed by atoms with van der Waals surface area (Å²) in [5, 5.41) is 29.3. The summed E-state index contributed by atoms with van der Waals surface area (Å²) in [6, 6.07) is 7.92. The molecule has 0 amide bonds. The molecule has 34 heavy (non-hydrogen) atoms. The van der Waals surface area contributed by atoms with Gasteiger partial charge in [0.25, 0.3) is 0 Å². The van der Waals surface area contributed by atoms with Gasteiger partial charge in [0.1, 0.15) is 12.9 Å². The van der Waals surface area contributed by atoms with Crippen molar-refractivity contribution in [1.82, 2.24) is 15.0 Å². The van der Waals surface area contributed by atoms with Crippen molar-refractivity contribution in [2.75, 3.05) is 13.7 Å². The first-order valence-corrected chi connectivity index (χ1v) is 10.3. The Hall–Kier alpha value is -3.96. The maximum absolute atomic E-state index is 14.8. The van der Waals surface area contributed by atoms with Crippen molar-refractivity contribution >= 4 is 27.8 Å². The standard InChI is InChI=1S/C23H22FN3O7/c1-32-19-8-15-17(9-20(19)33-10-13(29)6-12(28)7-21(30)31)26-11-27-23(15)34-18-3-2-16-14(22(18)24)4-5-25-16/h2-5,8-9,11-13,25,28-29H,6-7,10H2,1H3,(H,30,31)/t12-,13+/m1/s1. The second-order valence-electron chi connectivity index (χ2n) is 7.57. The Labute approximate surface area is 192 Å². The van der Waals surface area contributed by atoms with Gasteiger partial charge in [-0.3, -0.25) is 4.79 Å². The number of aromatic amines is 1. The van der Waals surface area contributed by atoms with Gasteiger partial charge >= 0.3 is 5.97 Å². The molecule has 0 radical (unpaired) electrons. The van der Waals surface area contributed by atoms with E-state index < -0.39 is 30.4 Å². The lowest BCUT2D eigenvalue weighted by Crippen LogP contribution is -2.25. The van der Waals surface area contributed by atoms with Crippen molar-refractivity contribution in [3.05, 3.63) is 48.7 Å². The molecule has 178 valence electrons. The van der Waals surface area contributed by atoms with Gasteiger partial charge in [-0.1, -0.05) is 0 Å². The van der Waals surface area contributed by atoms with Gasteiger partial charge < -0.3 is 34.5 Å². The third-order valence-electron chi connectivity index (χ3n) is 5.11. The van der Waals surface area contributed by atoms with Crippen LogP contribution in [0.1, 0.15) is 12.8 Å². The van der Waals surface area contributed by atoms with E-state index in [2.05, 4.69) is 15.0 Å². The topological polar surface area (TPSA) is 147 Å². The number of carboxylic acid groups (broad SMARTS) is 1. The highest BCUT2D eigenvalue weighted by atomic mass is 19.1. The summed E-state index contributed by atoms with van der Waals surface area (Å²) in [5.74, 6) is -1.05. The highest BCUT2D eigenvalue weighted by molar-refractivity contribution is 5.87. The van der Waals surface area contributed by atoms with Crippen LogP contribution in [0.25, 0.3) is 21.8 Å². The normalized spacial score (nSPS) is 13.1. The van der Waals surface area contributed by atoms with E-state index in [0.717, 1.165) is 0 Å². The minimum atomic E-state index is -1.20. The lowest BCUT2D eigenvalue weighted by atomic mass is 10.1. The van der Waals surface area contributed by atoms with Crippen molar-refractivity contribution in [3.63, 3.8) is 0 Å². The summed E-state index contributed by atoms with van der Waals surface area (Å²) in [4.78, 5) is 21.9. The molecular weight excluding hydrogens is 449 g/mol. The van der Waals surface area contributed by atoms with Crippen LogP contribution in [-0.4, -0.2) is 62.2 Å². The van der Waals surface area contributed by atoms with Crippen molar-refractivity contribution in [2.45, 2.75) is 25.0 Å². The van der Waals surface area contributed by atoms with Gasteiger partial charge in [0.15, 0.2) is 23.1 Å². The van der Waals surface area contributed by atoms with Crippen molar-refractivity contribution in [2.24, 2.45) is 0 Å². The average molecular weight is 471 g/mol. The number of fused-ring (bicyclic) bond motifs is 2. The molecule has 0 saturated carbocycles. The Bertz CT molecular complexity index is 1330. The number of halogens is 1. The first-order valence-electron chi connectivity index (χ1n) is 10.3. The predicted octanol–water partition coefficient (Wildman–Crippen LogP) is 3.02. The summed E-state index contributed by atoms with van der Waals surface area (Å²) < 4.78 is 31.6. The zero-order valence-electron chi connectivity index (χ0n) is 18.1. The molecule has 0 saturated heterocycles. The second-order valence-corrected chi connectivity index (χ2v) is 7.57. The van der Waals surface area contributed by atoms with Gasteiger partial charge in [0.2, 0.25) is 5.88 Å². The Balaban J connectivity index is 1.56. The molecule has 2 aromatic carbocycles. The first kappa shape index (κ1) is 23.2. The number of aliphatic hydroxyl groups is 2. The first-order chi connectivity index (χ1) is 16.4. The van der Waals surface area contributed by atoms with Gasteiger partial charge in [-0.15, -0.1) is 0 Å². The van der Waals surface area contributed by atoms with Crippen LogP contribution in [0.15, 0.2) is 42.9 Å². The van der Waals surface area contributed by atoms with Crippen LogP contribution < -0.4 is 14.2 Å². The highest BCUT2D eigenvalue weighted by Crippen LogP contribution is 2.37. The van der Waals surface area contributed by atoms with E-state index in [-0.39, 0.29) is 36.2 Å². The van der Waals surface area contributed by atoms with Crippen molar-refractivity contribution < 1.29 is 38.7 Å². The summed E-state index contributed by atoms with van der Waals surface area (Å²) >= 11 is 0. The van der Waals surface area contributed by atoms with Crippen LogP contribution in [0.4, 0.5) is 4.39 Å². The summed E-state index contributed by atoms with van der Waals surface area (Å²) in [6.07, 6.45) is -0.0585. The van der Waals surface area contributed by atoms with Gasteiger partial charge in [-0.2, -0.15) is 0 Å². The lowest BCUT2D eigenvalue weighted by Gasteiger charge is -2.17. The molecule has 10 nitrogen and oxygen atoms in total. The molecule has 2 heterocycles. The molecule has 0 aliphatic rings. The third kappa shape index (κ3) is 5.00. The Kier molecular flexibility index (Phi) is 6.75. The maximum Gasteiger partial charge on any atom is 0.305 e. The Morgan fingerprint density at radius 3 is 2.68 bits per heavy atom. The van der Waals surface area contributed by atoms with Gasteiger partial charge in [-0.05, 0) is 24.3 Å². The average Bonchev–Trinajstić information content (AvgIpc) is 3.28. The molecule has 0 bridgehead atoms. The van der Waals surface area contributed by atoms with Crippen LogP contribution in [0.5, 0.6) is 23.1 Å². The SMILES string of the molecule is COc1cc2c(Oc3ccc4[nH]ccc4c3F)ncnc2cc1OC[C@@H](O)C[C@@H](O)CC(=O)O. The molecule has 0 fully saturated rings. The number of methoxy groups -OCH3 is 1. The number of ether oxygens (including phenoxy) is 3. The third-order valence-corrected chi connectivity index (χ3v) is 5.11. The number of benzene rings is 2. The van der Waals surface area contributed by atoms with E-state index in [1.807, 2.05) is 0 Å². The fourth-order valence-corrected chi connectivity index (χ4v) is 3.51. The smallest absolute Gasteiger partial charge is 0.305 e. The number of aliphatic carboxylic acids is 1. The van der Waals surface area contributed by atoms with E-state index in [9.17, 15) is 19.4 Å². The lowest BCUT2D eigenvalue weighted by molar-refractivity contribution is -0.139. The van der Waals surface area contributed by atoms with Gasteiger partial charge in [0, 0.05) is 29.6 Å². The predicted molar refractivity (Wildman–Crippen MR) is 119 cm³/mol. The summed E-state index contributed by atoms with van der Waals surface area (Å²) in [5.41, 5.74) is 1.06. The van der Waals surface area contributed by atoms with E-state index in [0.29, 0.717) is 21.8 Å². The van der Waals surface area contributed by atoms with Crippen LogP contribution in [0, 0.1) is 5.82 Å². The fourth-order valence-electron chi connectivity index (χ4n) is 3.51. The molecule has 0 aliphatic heterocycles. The van der Waals surface area contributed by atoms with Gasteiger partial charge in [-0.25, -0.2) is 14.4 Å². The van der Waals surface area contributed by atoms with Crippen molar-refractivity contribution in [3.8, 4) is 23.1 Å². The molecule has 0 unspecified atom stereocenters. The minimum absolute atomic E-state index is 0.00515. The molecule has 2 atom stereocenters. The zero-order valence-corrected chi connectivity index (χ0v) is 18.1. The van der Waals surface area contributed by atoms with Crippen LogP contribution in [-0.2, 0) is 4.79 Å². The number of hydrogen-bond donors (Lipinski definition) is 4. The van der Waals surface area contributed by atoms with Crippen LogP contribution in [0.2, 0.25) is 0 Å². The number of hydrogen-bond acceptors (Lipinski definition) is 8. The monoisotopic (exact) mass is 471 g/mol. The highest BCUT2D eigenvalue weighted by Gasteiger charge is 2.19. The van der Waals surface area contributed by atoms with E-state index in [4.69, 9.17) is 19.3 Å². The maximum atomic E-state index is 14.8. The van der Waals surface area contributed by atoms with Gasteiger partial charge in [0.05, 0.1) is 36.6 Å². The number of H-pyrrole nitrogens is 1. The number of aromatic nitrogens is 3. The number of aliphatic hydroxyl groups excluding tert-OH is 2. The Morgan fingerprint density at radius 1 is 1.09 bits per heavy atom. The molecule has 2 aromatic heterocycles. The largest absolute Gasteiger partial charge is 0.493 e. The molecule has 4 aromatic rings. The van der Waals surface area contributed by atoms with E-state index in [1.54, 1.807) is 30.5 Å². The second kappa shape index (κ2) is 9.89. The quantitative estimate of drug-likeness (QED) is 0.274. The van der Waals surface area contributed by atoms with Crippen LogP contribution in [0.3, 0.4) is 0 Å². The molecule has 0 aliphatic carbocycles. The molecule has 11 heteroatoms. The van der Waals surface area contributed by atoms with E-state index >= 15 is 0 Å².